The van der Waals surface area contributed by atoms with Crippen molar-refractivity contribution in [2.24, 2.45) is 5.73 Å². The second-order valence-electron chi connectivity index (χ2n) is 10.8. The molecule has 1 fully saturated rings. The van der Waals surface area contributed by atoms with Crippen molar-refractivity contribution in [1.29, 1.82) is 0 Å². The van der Waals surface area contributed by atoms with E-state index in [2.05, 4.69) is 12.2 Å². The molecule has 12 heteroatoms. The van der Waals surface area contributed by atoms with Gasteiger partial charge in [0.25, 0.3) is 0 Å². The van der Waals surface area contributed by atoms with Crippen LogP contribution in [0, 0.1) is 0 Å². The first kappa shape index (κ1) is 32.8. The predicted molar refractivity (Wildman–Crippen MR) is 161 cm³/mol. The number of carbonyl (C=O) groups excluding carboxylic acids is 3. The lowest BCUT2D eigenvalue weighted by atomic mass is 10.1. The van der Waals surface area contributed by atoms with E-state index in [1.54, 1.807) is 36.1 Å². The van der Waals surface area contributed by atoms with E-state index in [-0.39, 0.29) is 29.8 Å². The maximum atomic E-state index is 13.8. The largest absolute Gasteiger partial charge is 0.369 e. The number of fused-ring (bicyclic) bond motifs is 1. The van der Waals surface area contributed by atoms with Crippen LogP contribution < -0.4 is 11.1 Å². The van der Waals surface area contributed by atoms with Gasteiger partial charge in [-0.15, -0.1) is 0 Å². The molecule has 1 heterocycles. The third-order valence-electron chi connectivity index (χ3n) is 7.47. The number of amides is 3. The Balaban J connectivity index is 1.78. The van der Waals surface area contributed by atoms with E-state index in [1.807, 2.05) is 13.8 Å². The lowest BCUT2D eigenvalue weighted by molar-refractivity contribution is -0.145. The highest BCUT2D eigenvalue weighted by atomic mass is 35.5. The highest BCUT2D eigenvalue weighted by Crippen LogP contribution is 2.29. The fourth-order valence-electron chi connectivity index (χ4n) is 5.17. The number of hydrogen-bond acceptors (Lipinski definition) is 6. The van der Waals surface area contributed by atoms with Crippen LogP contribution in [-0.2, 0) is 24.4 Å². The number of halogens is 1. The Bertz CT molecular complexity index is 1350. The van der Waals surface area contributed by atoms with E-state index < -0.39 is 40.5 Å². The van der Waals surface area contributed by atoms with Crippen molar-refractivity contribution < 1.29 is 22.8 Å². The Kier molecular flexibility index (Phi) is 11.5. The highest BCUT2D eigenvalue weighted by Gasteiger charge is 2.45. The van der Waals surface area contributed by atoms with Crippen molar-refractivity contribution in [1.82, 2.24) is 19.4 Å². The Morgan fingerprint density at radius 3 is 2.44 bits per heavy atom. The molecule has 0 bridgehead atoms. The highest BCUT2D eigenvalue weighted by molar-refractivity contribution is 7.89. The van der Waals surface area contributed by atoms with Crippen LogP contribution in [0.15, 0.2) is 41.3 Å². The molecular formula is C29H42ClN5O5S. The van der Waals surface area contributed by atoms with Crippen molar-refractivity contribution in [3.8, 4) is 0 Å². The van der Waals surface area contributed by atoms with Crippen LogP contribution in [0.4, 0.5) is 0 Å². The number of carbonyl (C=O) groups is 3. The predicted octanol–water partition coefficient (Wildman–Crippen LogP) is 2.98. The van der Waals surface area contributed by atoms with Gasteiger partial charge in [0.15, 0.2) is 0 Å². The molecule has 3 amide bonds. The number of primary amides is 1. The summed E-state index contributed by atoms with van der Waals surface area (Å²) in [6.07, 6.45) is 3.49. The quantitative estimate of drug-likeness (QED) is 0.299. The van der Waals surface area contributed by atoms with Crippen molar-refractivity contribution in [2.45, 2.75) is 76.4 Å². The summed E-state index contributed by atoms with van der Waals surface area (Å²) in [5.74, 6) is -1.61. The van der Waals surface area contributed by atoms with Gasteiger partial charge in [0.05, 0.1) is 11.4 Å². The molecule has 2 aromatic carbocycles. The molecule has 0 saturated carbocycles. The first-order valence-corrected chi connectivity index (χ1v) is 16.0. The van der Waals surface area contributed by atoms with E-state index in [4.69, 9.17) is 17.3 Å². The molecule has 0 radical (unpaired) electrons. The van der Waals surface area contributed by atoms with E-state index in [0.717, 1.165) is 35.5 Å². The van der Waals surface area contributed by atoms with E-state index in [9.17, 15) is 22.8 Å². The minimum absolute atomic E-state index is 0.0682. The average Bonchev–Trinajstić information content (AvgIpc) is 3.30. The van der Waals surface area contributed by atoms with E-state index in [1.165, 1.54) is 17.0 Å². The van der Waals surface area contributed by atoms with Gasteiger partial charge in [-0.05, 0) is 75.2 Å². The summed E-state index contributed by atoms with van der Waals surface area (Å²) in [5.41, 5.74) is 5.44. The fraction of sp³-hybridized carbons (Fsp3) is 0.552. The SMILES string of the molecule is CCCCCNCCN(C(=O)[C@H](C)N1CC[C@H](N(CC(N)=O)S(=O)(=O)c2ccc3cc(Cl)ccc3c2)C1=O)C(C)C. The molecule has 1 saturated heterocycles. The summed E-state index contributed by atoms with van der Waals surface area (Å²) in [6, 6.07) is 7.57. The van der Waals surface area contributed by atoms with Crippen LogP contribution in [-0.4, -0.2) is 91.1 Å². The van der Waals surface area contributed by atoms with Crippen LogP contribution in [0.5, 0.6) is 0 Å². The van der Waals surface area contributed by atoms with Crippen molar-refractivity contribution in [2.75, 3.05) is 32.7 Å². The molecule has 2 aromatic rings. The van der Waals surface area contributed by atoms with E-state index >= 15 is 0 Å². The number of rotatable bonds is 15. The van der Waals surface area contributed by atoms with Gasteiger partial charge in [-0.25, -0.2) is 8.42 Å². The Morgan fingerprint density at radius 2 is 1.78 bits per heavy atom. The molecule has 0 unspecified atom stereocenters. The molecule has 0 spiro atoms. The van der Waals surface area contributed by atoms with Crippen LogP contribution in [0.1, 0.15) is 53.4 Å². The summed E-state index contributed by atoms with van der Waals surface area (Å²) < 4.78 is 28.4. The van der Waals surface area contributed by atoms with Crippen LogP contribution >= 0.6 is 11.6 Å². The van der Waals surface area contributed by atoms with Gasteiger partial charge in [0, 0.05) is 30.7 Å². The number of nitrogens with zero attached hydrogens (tertiary/aromatic N) is 3. The van der Waals surface area contributed by atoms with Gasteiger partial charge >= 0.3 is 0 Å². The number of unbranched alkanes of at least 4 members (excludes halogenated alkanes) is 2. The zero-order valence-corrected chi connectivity index (χ0v) is 25.9. The molecule has 3 rings (SSSR count). The molecule has 10 nitrogen and oxygen atoms in total. The topological polar surface area (TPSA) is 133 Å². The zero-order chi connectivity index (χ0) is 30.3. The summed E-state index contributed by atoms with van der Waals surface area (Å²) >= 11 is 6.05. The minimum atomic E-state index is -4.29. The maximum absolute atomic E-state index is 13.8. The monoisotopic (exact) mass is 607 g/mol. The fourth-order valence-corrected chi connectivity index (χ4v) is 6.96. The third kappa shape index (κ3) is 7.97. The van der Waals surface area contributed by atoms with Gasteiger partial charge in [-0.2, -0.15) is 4.31 Å². The molecule has 41 heavy (non-hydrogen) atoms. The second-order valence-corrected chi connectivity index (χ2v) is 13.1. The molecule has 3 N–H and O–H groups in total. The first-order chi connectivity index (χ1) is 19.4. The summed E-state index contributed by atoms with van der Waals surface area (Å²) in [4.78, 5) is 42.2. The number of nitrogens with two attached hydrogens (primary N) is 1. The minimum Gasteiger partial charge on any atom is -0.369 e. The number of sulfonamides is 1. The first-order valence-electron chi connectivity index (χ1n) is 14.2. The summed E-state index contributed by atoms with van der Waals surface area (Å²) in [7, 11) is -4.29. The maximum Gasteiger partial charge on any atom is 0.245 e. The number of benzene rings is 2. The number of nitrogens with one attached hydrogen (secondary N) is 1. The van der Waals surface area contributed by atoms with Crippen molar-refractivity contribution in [3.63, 3.8) is 0 Å². The second kappa shape index (κ2) is 14.4. The number of hydrogen-bond donors (Lipinski definition) is 2. The zero-order valence-electron chi connectivity index (χ0n) is 24.3. The van der Waals surface area contributed by atoms with Gasteiger partial charge in [0.1, 0.15) is 12.1 Å². The van der Waals surface area contributed by atoms with Gasteiger partial charge in [-0.3, -0.25) is 14.4 Å². The lowest BCUT2D eigenvalue weighted by Crippen LogP contribution is -2.54. The lowest BCUT2D eigenvalue weighted by Gasteiger charge is -2.33. The van der Waals surface area contributed by atoms with Gasteiger partial charge in [-0.1, -0.05) is 43.5 Å². The molecule has 0 aliphatic carbocycles. The number of likely N-dealkylation sites (tertiary alicyclic amines) is 1. The van der Waals surface area contributed by atoms with Crippen LogP contribution in [0.2, 0.25) is 5.02 Å². The van der Waals surface area contributed by atoms with Gasteiger partial charge in [0.2, 0.25) is 27.7 Å². The molecule has 0 aromatic heterocycles. The molecule has 1 aliphatic rings. The van der Waals surface area contributed by atoms with Crippen LogP contribution in [0.25, 0.3) is 10.8 Å². The summed E-state index contributed by atoms with van der Waals surface area (Å²) in [5, 5.41) is 5.27. The van der Waals surface area contributed by atoms with Gasteiger partial charge < -0.3 is 20.9 Å². The van der Waals surface area contributed by atoms with Crippen molar-refractivity contribution >= 4 is 50.1 Å². The van der Waals surface area contributed by atoms with Crippen LogP contribution in [0.3, 0.4) is 0 Å². The summed E-state index contributed by atoms with van der Waals surface area (Å²) in [6.45, 7) is 9.19. The molecule has 2 atom stereocenters. The molecule has 226 valence electrons. The average molecular weight is 608 g/mol. The third-order valence-corrected chi connectivity index (χ3v) is 9.55. The molecular weight excluding hydrogens is 566 g/mol. The van der Waals surface area contributed by atoms with Crippen molar-refractivity contribution in [3.05, 3.63) is 41.4 Å². The Labute approximate surface area is 248 Å². The normalized spacial score (nSPS) is 16.6. The molecule has 1 aliphatic heterocycles. The smallest absolute Gasteiger partial charge is 0.245 e. The standard InChI is InChI=1S/C29H42ClN5O5S/c1-5-6-7-13-32-14-16-33(20(2)3)28(37)21(4)34-15-12-26(29(34)38)35(19-27(31)36)41(39,40)25-11-9-22-17-24(30)10-8-23(22)18-25/h8-11,17-18,20-21,26,32H,5-7,12-16,19H2,1-4H3,(H2,31,36)/t21-,26-/m0/s1. The Hall–Kier alpha value is -2.73. The van der Waals surface area contributed by atoms with E-state index in [0.29, 0.717) is 23.5 Å². The Morgan fingerprint density at radius 1 is 1.10 bits per heavy atom.